The largest absolute Gasteiger partial charge is 0.460 e. The Kier molecular flexibility index (Phi) is 27.4. The lowest BCUT2D eigenvalue weighted by molar-refractivity contribution is -0.154. The van der Waals surface area contributed by atoms with Gasteiger partial charge in [-0.3, -0.25) is 13.9 Å². The van der Waals surface area contributed by atoms with Crippen LogP contribution < -0.4 is 14.8 Å². The van der Waals surface area contributed by atoms with Crippen LogP contribution in [0.2, 0.25) is 0 Å². The van der Waals surface area contributed by atoms with Gasteiger partial charge in [0, 0.05) is 86.3 Å². The molecule has 0 bridgehead atoms. The number of rotatable bonds is 13. The van der Waals surface area contributed by atoms with E-state index in [0.29, 0.717) is 23.7 Å². The molecule has 0 radical (unpaired) electrons. The molecule has 2 heterocycles. The van der Waals surface area contributed by atoms with Gasteiger partial charge in [-0.05, 0) is 57.2 Å². The predicted molar refractivity (Wildman–Crippen MR) is 203 cm³/mol. The number of nitrogens with zero attached hydrogens (tertiary/aromatic N) is 3. The zero-order chi connectivity index (χ0) is 37.5. The van der Waals surface area contributed by atoms with E-state index in [4.69, 9.17) is 4.74 Å². The fraction of sp³-hybridized carbons (Fsp3) is 0.794. The van der Waals surface area contributed by atoms with Crippen LogP contribution in [0.25, 0.3) is 0 Å². The first-order valence-corrected chi connectivity index (χ1v) is 20.6. The maximum absolute atomic E-state index is 10.9. The average molecular weight is 709 g/mol. The Morgan fingerprint density at radius 3 is 1.64 bits per heavy atom. The van der Waals surface area contributed by atoms with Gasteiger partial charge in [0.1, 0.15) is 11.9 Å². The molecule has 1 aromatic heterocycles. The summed E-state index contributed by atoms with van der Waals surface area (Å²) in [4.78, 5) is 17.0. The van der Waals surface area contributed by atoms with Crippen LogP contribution in [0.4, 0.5) is 0 Å². The van der Waals surface area contributed by atoms with Crippen LogP contribution >= 0.6 is 0 Å². The Hall–Kier alpha value is -1.93. The molecule has 1 aliphatic heterocycles. The van der Waals surface area contributed by atoms with Crippen molar-refractivity contribution in [1.29, 1.82) is 0 Å². The second-order valence-corrected chi connectivity index (χ2v) is 18.3. The summed E-state index contributed by atoms with van der Waals surface area (Å²) >= 11 is 0. The van der Waals surface area contributed by atoms with Crippen LogP contribution in [0.1, 0.15) is 88.9 Å². The van der Waals surface area contributed by atoms with E-state index in [9.17, 15) is 17.4 Å². The third kappa shape index (κ3) is 40.2. The second kappa shape index (κ2) is 26.0. The number of aryl methyl sites for hydroxylation is 1. The Bertz CT molecular complexity index is 1170. The standard InChI is InChI=1S/C9H17NO2.C8H14N2.C7H15N.C6H15NOS.C4H11NO2S/c1-7(2)4-10-5-9(6-10)12-8(3)11;1-7(2)6-10-5-4-9-8(10)3;1-6(2)5-8-7(3)4;1-6(2)5-7-9(3,4)8;1-4(2)5-8(3,6)7/h7,9H,4-6H2,1-3H3;4-5,7H,6H2,1-3H3;6,8H,3,5H2,1-2,4H3;6H,3,5H2,1-2,4H3,(H,7,8);4-5H,1-3H3. The number of carbonyl (C=O) groups is 1. The van der Waals surface area contributed by atoms with E-state index in [-0.39, 0.29) is 18.1 Å². The topological polar surface area (TPSA) is 135 Å². The van der Waals surface area contributed by atoms with Crippen LogP contribution in [-0.4, -0.2) is 96.3 Å². The summed E-state index contributed by atoms with van der Waals surface area (Å²) in [5.74, 6) is 7.05. The number of aromatic nitrogens is 2. The second-order valence-electron chi connectivity index (χ2n) is 14.2. The summed E-state index contributed by atoms with van der Waals surface area (Å²) in [7, 11) is -4.94. The van der Waals surface area contributed by atoms with Crippen molar-refractivity contribution in [3.05, 3.63) is 30.5 Å². The molecule has 0 aromatic carbocycles. The quantitative estimate of drug-likeness (QED) is 0.194. The molecule has 0 aliphatic carbocycles. The van der Waals surface area contributed by atoms with Crippen LogP contribution in [0.3, 0.4) is 0 Å². The number of likely N-dealkylation sites (tertiary alicyclic amines) is 1. The van der Waals surface area contributed by atoms with Gasteiger partial charge in [0.25, 0.3) is 0 Å². The average Bonchev–Trinajstić information content (AvgIpc) is 3.23. The molecule has 1 unspecified atom stereocenters. The lowest BCUT2D eigenvalue weighted by atomic mass is 10.1. The lowest BCUT2D eigenvalue weighted by Crippen LogP contribution is -2.53. The molecular formula is C34H72N6O5S2. The fourth-order valence-corrected chi connectivity index (χ4v) is 5.18. The van der Waals surface area contributed by atoms with Crippen LogP contribution in [-0.2, 0) is 35.8 Å². The molecule has 0 spiro atoms. The molecule has 1 aliphatic rings. The first kappa shape index (κ1) is 49.5. The molecule has 1 aromatic rings. The van der Waals surface area contributed by atoms with Crippen LogP contribution in [0.15, 0.2) is 24.7 Å². The highest BCUT2D eigenvalue weighted by molar-refractivity contribution is 7.97. The summed E-state index contributed by atoms with van der Waals surface area (Å²) in [6, 6.07) is 0.00463. The van der Waals surface area contributed by atoms with Crippen LogP contribution in [0, 0.1) is 30.6 Å². The predicted octanol–water partition coefficient (Wildman–Crippen LogP) is 4.94. The third-order valence-corrected chi connectivity index (χ3v) is 7.10. The minimum atomic E-state index is -2.97. The Balaban J connectivity index is -0.000000520. The maximum Gasteiger partial charge on any atom is 0.302 e. The lowest BCUT2D eigenvalue weighted by Gasteiger charge is -2.39. The summed E-state index contributed by atoms with van der Waals surface area (Å²) in [5, 5.41) is 3.15. The first-order valence-electron chi connectivity index (χ1n) is 16.5. The van der Waals surface area contributed by atoms with Crippen molar-refractivity contribution in [3.63, 3.8) is 0 Å². The first-order chi connectivity index (χ1) is 21.2. The number of carbonyl (C=O) groups excluding carboxylic acids is 1. The summed E-state index contributed by atoms with van der Waals surface area (Å²) in [5.41, 5.74) is 1.05. The molecule has 1 saturated heterocycles. The number of allylic oxidation sites excluding steroid dienone is 1. The van der Waals surface area contributed by atoms with Crippen LogP contribution in [0.5, 0.6) is 0 Å². The van der Waals surface area contributed by atoms with Gasteiger partial charge in [0.2, 0.25) is 10.0 Å². The Morgan fingerprint density at radius 2 is 1.40 bits per heavy atom. The van der Waals surface area contributed by atoms with E-state index in [2.05, 4.69) is 97.1 Å². The van der Waals surface area contributed by atoms with E-state index in [0.717, 1.165) is 57.0 Å². The molecule has 3 N–H and O–H groups in total. The normalized spacial score (nSPS) is 14.4. The van der Waals surface area contributed by atoms with Gasteiger partial charge in [-0.2, -0.15) is 0 Å². The van der Waals surface area contributed by atoms with Crippen molar-refractivity contribution in [1.82, 2.24) is 29.2 Å². The van der Waals surface area contributed by atoms with Gasteiger partial charge < -0.3 is 14.6 Å². The van der Waals surface area contributed by atoms with Crippen molar-refractivity contribution in [2.24, 2.45) is 23.7 Å². The molecule has 11 nitrogen and oxygen atoms in total. The zero-order valence-electron chi connectivity index (χ0n) is 32.5. The van der Waals surface area contributed by atoms with E-state index >= 15 is 0 Å². The third-order valence-electron chi connectivity index (χ3n) is 5.42. The summed E-state index contributed by atoms with van der Waals surface area (Å²) in [6.45, 7) is 35.9. The van der Waals surface area contributed by atoms with E-state index < -0.39 is 19.7 Å². The monoisotopic (exact) mass is 709 g/mol. The van der Waals surface area contributed by atoms with Crippen molar-refractivity contribution in [3.8, 4) is 0 Å². The van der Waals surface area contributed by atoms with E-state index in [1.54, 1.807) is 20.1 Å². The highest BCUT2D eigenvalue weighted by Gasteiger charge is 2.28. The molecule has 1 fully saturated rings. The van der Waals surface area contributed by atoms with Gasteiger partial charge in [-0.15, -0.1) is 0 Å². The van der Waals surface area contributed by atoms with Gasteiger partial charge in [0.05, 0.1) is 6.26 Å². The van der Waals surface area contributed by atoms with Crippen molar-refractivity contribution in [2.75, 3.05) is 45.2 Å². The molecule has 1 atom stereocenters. The Morgan fingerprint density at radius 1 is 0.915 bits per heavy atom. The number of nitrogens with one attached hydrogen (secondary N) is 3. The number of ether oxygens (including phenoxy) is 1. The van der Waals surface area contributed by atoms with Crippen molar-refractivity contribution < 1.29 is 22.2 Å². The highest BCUT2D eigenvalue weighted by Crippen LogP contribution is 2.13. The number of esters is 1. The maximum atomic E-state index is 10.9. The molecule has 280 valence electrons. The minimum absolute atomic E-state index is 0.00463. The smallest absolute Gasteiger partial charge is 0.302 e. The van der Waals surface area contributed by atoms with E-state index in [1.165, 1.54) is 6.92 Å². The van der Waals surface area contributed by atoms with Gasteiger partial charge in [-0.25, -0.2) is 22.8 Å². The number of hydrogen-bond acceptors (Lipinski definition) is 8. The number of hydrogen-bond donors (Lipinski definition) is 3. The SMILES string of the molecule is C=C(C)NCC(C)C.C=S(C)(=O)NCC(C)C.CC(=O)OC1CN(CC(C)C)C1.CC(C)NS(C)(=O)=O.Cc1nccn1CC(C)C. The molecular weight excluding hydrogens is 637 g/mol. The molecule has 0 saturated carbocycles. The molecule has 47 heavy (non-hydrogen) atoms. The Labute approximate surface area is 290 Å². The van der Waals surface area contributed by atoms with E-state index in [1.807, 2.05) is 26.2 Å². The highest BCUT2D eigenvalue weighted by atomic mass is 32.2. The van der Waals surface area contributed by atoms with Gasteiger partial charge in [0.15, 0.2) is 0 Å². The number of sulfonamides is 1. The molecule has 13 heteroatoms. The van der Waals surface area contributed by atoms with Gasteiger partial charge in [-0.1, -0.05) is 62.0 Å². The minimum Gasteiger partial charge on any atom is -0.460 e. The summed E-state index contributed by atoms with van der Waals surface area (Å²) < 4.78 is 43.9. The molecule has 2 rings (SSSR count). The molecule has 0 amide bonds. The van der Waals surface area contributed by atoms with Gasteiger partial charge >= 0.3 is 5.97 Å². The zero-order valence-corrected chi connectivity index (χ0v) is 34.1. The summed E-state index contributed by atoms with van der Waals surface area (Å²) in [6.07, 6.45) is 6.77. The van der Waals surface area contributed by atoms with Crippen molar-refractivity contribution >= 4 is 31.6 Å². The fourth-order valence-electron chi connectivity index (χ4n) is 3.64. The number of imidazole rings is 1. The van der Waals surface area contributed by atoms with Crippen molar-refractivity contribution in [2.45, 2.75) is 109 Å².